The van der Waals surface area contributed by atoms with Crippen LogP contribution in [0.4, 0.5) is 0 Å². The summed E-state index contributed by atoms with van der Waals surface area (Å²) in [4.78, 5) is 10.8. The molecule has 0 radical (unpaired) electrons. The zero-order valence-corrected chi connectivity index (χ0v) is 11.6. The third kappa shape index (κ3) is 2.57. The molecular weight excluding hydrogens is 340 g/mol. The number of rotatable bonds is 4. The molecule has 3 nitrogen and oxygen atoms in total. The average molecular weight is 348 g/mol. The first kappa shape index (κ1) is 13.1. The van der Waals surface area contributed by atoms with Crippen LogP contribution in [0.5, 0.6) is 11.5 Å². The van der Waals surface area contributed by atoms with Crippen LogP contribution >= 0.6 is 31.9 Å². The minimum atomic E-state index is 0.127. The molecular formula is C11H8Br2O3. The first-order chi connectivity index (χ1) is 7.65. The largest absolute Gasteiger partial charge is 0.493 e. The van der Waals surface area contributed by atoms with E-state index < -0.39 is 0 Å². The maximum atomic E-state index is 10.8. The van der Waals surface area contributed by atoms with Crippen molar-refractivity contribution in [2.24, 2.45) is 0 Å². The Balaban J connectivity index is 3.30. The van der Waals surface area contributed by atoms with Gasteiger partial charge in [-0.15, -0.1) is 6.42 Å². The molecule has 0 aromatic heterocycles. The van der Waals surface area contributed by atoms with Crippen LogP contribution in [-0.2, 0) is 0 Å². The van der Waals surface area contributed by atoms with Gasteiger partial charge in [0.05, 0.1) is 11.6 Å². The van der Waals surface area contributed by atoms with Crippen LogP contribution in [0.2, 0.25) is 0 Å². The van der Waals surface area contributed by atoms with E-state index in [0.29, 0.717) is 26.0 Å². The van der Waals surface area contributed by atoms with Crippen LogP contribution in [-0.4, -0.2) is 20.0 Å². The number of carbonyl (C=O) groups excluding carboxylic acids is 1. The molecule has 0 bridgehead atoms. The third-order valence-corrected chi connectivity index (χ3v) is 3.95. The molecule has 84 valence electrons. The first-order valence-corrected chi connectivity index (χ1v) is 5.81. The first-order valence-electron chi connectivity index (χ1n) is 4.23. The molecule has 5 heteroatoms. The van der Waals surface area contributed by atoms with E-state index in [1.165, 1.54) is 7.11 Å². The number of carbonyl (C=O) groups is 1. The molecule has 0 unspecified atom stereocenters. The zero-order chi connectivity index (χ0) is 12.1. The van der Waals surface area contributed by atoms with Crippen LogP contribution in [0, 0.1) is 12.3 Å². The van der Waals surface area contributed by atoms with Crippen molar-refractivity contribution >= 4 is 38.1 Å². The lowest BCUT2D eigenvalue weighted by Gasteiger charge is -2.13. The van der Waals surface area contributed by atoms with Crippen molar-refractivity contribution in [3.05, 3.63) is 20.6 Å². The van der Waals surface area contributed by atoms with E-state index in [-0.39, 0.29) is 6.61 Å². The Labute approximate surface area is 110 Å². The predicted octanol–water partition coefficient (Wildman–Crippen LogP) is 3.04. The highest BCUT2D eigenvalue weighted by molar-refractivity contribution is 9.13. The van der Waals surface area contributed by atoms with Gasteiger partial charge in [0.15, 0.2) is 17.8 Å². The SMILES string of the molecule is C#CCOc1c(OC)cc(C=O)c(Br)c1Br. The zero-order valence-electron chi connectivity index (χ0n) is 8.42. The fraction of sp³-hybridized carbons (Fsp3) is 0.182. The molecule has 0 atom stereocenters. The van der Waals surface area contributed by atoms with Gasteiger partial charge in [0.25, 0.3) is 0 Å². The van der Waals surface area contributed by atoms with E-state index in [1.807, 2.05) is 0 Å². The summed E-state index contributed by atoms with van der Waals surface area (Å²) in [5, 5.41) is 0. The summed E-state index contributed by atoms with van der Waals surface area (Å²) in [6, 6.07) is 1.58. The Morgan fingerprint density at radius 2 is 2.19 bits per heavy atom. The Bertz CT molecular complexity index is 450. The van der Waals surface area contributed by atoms with Gasteiger partial charge < -0.3 is 9.47 Å². The van der Waals surface area contributed by atoms with E-state index in [9.17, 15) is 4.79 Å². The number of halogens is 2. The minimum absolute atomic E-state index is 0.127. The second-order valence-electron chi connectivity index (χ2n) is 2.74. The van der Waals surface area contributed by atoms with Gasteiger partial charge in [-0.25, -0.2) is 0 Å². The number of methoxy groups -OCH3 is 1. The van der Waals surface area contributed by atoms with Gasteiger partial charge in [-0.1, -0.05) is 5.92 Å². The van der Waals surface area contributed by atoms with Crippen LogP contribution in [0.15, 0.2) is 15.0 Å². The fourth-order valence-corrected chi connectivity index (χ4v) is 2.02. The second-order valence-corrected chi connectivity index (χ2v) is 4.32. The molecule has 0 saturated heterocycles. The predicted molar refractivity (Wildman–Crippen MR) is 68.1 cm³/mol. The summed E-state index contributed by atoms with van der Waals surface area (Å²) in [5.41, 5.74) is 0.469. The molecule has 0 heterocycles. The quantitative estimate of drug-likeness (QED) is 0.620. The molecule has 0 N–H and O–H groups in total. The lowest BCUT2D eigenvalue weighted by Crippen LogP contribution is -1.99. The smallest absolute Gasteiger partial charge is 0.177 e. The molecule has 1 aromatic rings. The lowest BCUT2D eigenvalue weighted by molar-refractivity contribution is 0.112. The highest BCUT2D eigenvalue weighted by Gasteiger charge is 2.16. The summed E-state index contributed by atoms with van der Waals surface area (Å²) in [7, 11) is 1.49. The van der Waals surface area contributed by atoms with E-state index in [2.05, 4.69) is 37.8 Å². The van der Waals surface area contributed by atoms with Gasteiger partial charge in [-0.05, 0) is 37.9 Å². The monoisotopic (exact) mass is 346 g/mol. The molecule has 16 heavy (non-hydrogen) atoms. The summed E-state index contributed by atoms with van der Waals surface area (Å²) in [6.07, 6.45) is 5.84. The van der Waals surface area contributed by atoms with Gasteiger partial charge in [0.2, 0.25) is 0 Å². The second kappa shape index (κ2) is 5.92. The summed E-state index contributed by atoms with van der Waals surface area (Å²) >= 11 is 6.60. The molecule has 0 aliphatic rings. The average Bonchev–Trinajstić information content (AvgIpc) is 2.31. The van der Waals surface area contributed by atoms with Gasteiger partial charge in [-0.2, -0.15) is 0 Å². The van der Waals surface area contributed by atoms with E-state index in [0.717, 1.165) is 6.29 Å². The molecule has 0 amide bonds. The van der Waals surface area contributed by atoms with Crippen molar-refractivity contribution in [1.82, 2.24) is 0 Å². The number of hydrogen-bond donors (Lipinski definition) is 0. The van der Waals surface area contributed by atoms with Crippen LogP contribution < -0.4 is 9.47 Å². The number of terminal acetylenes is 1. The topological polar surface area (TPSA) is 35.5 Å². The maximum Gasteiger partial charge on any atom is 0.177 e. The summed E-state index contributed by atoms with van der Waals surface area (Å²) < 4.78 is 11.7. The van der Waals surface area contributed by atoms with Crippen LogP contribution in [0.3, 0.4) is 0 Å². The Kier molecular flexibility index (Phi) is 4.84. The number of benzene rings is 1. The molecule has 0 aliphatic carbocycles. The number of hydrogen-bond acceptors (Lipinski definition) is 3. The molecule has 0 spiro atoms. The minimum Gasteiger partial charge on any atom is -0.493 e. The third-order valence-electron chi connectivity index (χ3n) is 1.80. The van der Waals surface area contributed by atoms with Crippen molar-refractivity contribution < 1.29 is 14.3 Å². The Morgan fingerprint density at radius 1 is 1.50 bits per heavy atom. The molecule has 1 aromatic carbocycles. The van der Waals surface area contributed by atoms with Crippen molar-refractivity contribution in [1.29, 1.82) is 0 Å². The fourth-order valence-electron chi connectivity index (χ4n) is 1.09. The van der Waals surface area contributed by atoms with Crippen LogP contribution in [0.1, 0.15) is 10.4 Å². The van der Waals surface area contributed by atoms with E-state index >= 15 is 0 Å². The molecule has 0 fully saturated rings. The standard InChI is InChI=1S/C11H8Br2O3/c1-3-4-16-11-8(15-2)5-7(6-14)9(12)10(11)13/h1,5-6H,4H2,2H3. The Hall–Kier alpha value is -0.990. The Morgan fingerprint density at radius 3 is 2.69 bits per heavy atom. The van der Waals surface area contributed by atoms with Crippen molar-refractivity contribution in [2.45, 2.75) is 0 Å². The van der Waals surface area contributed by atoms with E-state index in [4.69, 9.17) is 15.9 Å². The maximum absolute atomic E-state index is 10.8. The summed E-state index contributed by atoms with van der Waals surface area (Å²) in [5.74, 6) is 3.28. The van der Waals surface area contributed by atoms with Crippen molar-refractivity contribution in [3.63, 3.8) is 0 Å². The highest BCUT2D eigenvalue weighted by atomic mass is 79.9. The lowest BCUT2D eigenvalue weighted by atomic mass is 10.2. The summed E-state index contributed by atoms with van der Waals surface area (Å²) in [6.45, 7) is 0.127. The van der Waals surface area contributed by atoms with Gasteiger partial charge in [0, 0.05) is 10.0 Å². The number of ether oxygens (including phenoxy) is 2. The van der Waals surface area contributed by atoms with Crippen molar-refractivity contribution in [3.8, 4) is 23.8 Å². The highest BCUT2D eigenvalue weighted by Crippen LogP contribution is 2.42. The molecule has 1 rings (SSSR count). The van der Waals surface area contributed by atoms with Crippen LogP contribution in [0.25, 0.3) is 0 Å². The normalized spacial score (nSPS) is 9.38. The molecule has 0 aliphatic heterocycles. The van der Waals surface area contributed by atoms with E-state index in [1.54, 1.807) is 6.07 Å². The van der Waals surface area contributed by atoms with Crippen molar-refractivity contribution in [2.75, 3.05) is 13.7 Å². The van der Waals surface area contributed by atoms with Gasteiger partial charge >= 0.3 is 0 Å². The van der Waals surface area contributed by atoms with Gasteiger partial charge in [-0.3, -0.25) is 4.79 Å². The molecule has 0 saturated carbocycles. The van der Waals surface area contributed by atoms with Gasteiger partial charge in [0.1, 0.15) is 6.61 Å². The number of aldehydes is 1.